The molecule has 0 aliphatic rings. The zero-order valence-electron chi connectivity index (χ0n) is 11.9. The largest absolute Gasteiger partial charge is 0.397 e. The zero-order valence-corrected chi connectivity index (χ0v) is 14.3. The van der Waals surface area contributed by atoms with Gasteiger partial charge < -0.3 is 0 Å². The van der Waals surface area contributed by atoms with Gasteiger partial charge in [-0.15, -0.1) is 0 Å². The van der Waals surface area contributed by atoms with E-state index in [1.807, 2.05) is 0 Å². The van der Waals surface area contributed by atoms with Crippen molar-refractivity contribution in [2.24, 2.45) is 0 Å². The summed E-state index contributed by atoms with van der Waals surface area (Å²) in [5, 5.41) is 0.384. The highest BCUT2D eigenvalue weighted by Gasteiger charge is 2.19. The van der Waals surface area contributed by atoms with E-state index < -0.39 is 42.7 Å². The molecule has 0 amide bonds. The van der Waals surface area contributed by atoms with Gasteiger partial charge in [-0.05, 0) is 23.6 Å². The van der Waals surface area contributed by atoms with Crippen molar-refractivity contribution in [3.63, 3.8) is 0 Å². The monoisotopic (exact) mass is 396 g/mol. The van der Waals surface area contributed by atoms with Gasteiger partial charge in [-0.3, -0.25) is 9.11 Å². The summed E-state index contributed by atoms with van der Waals surface area (Å²) in [7, 11) is -13.2. The molecule has 0 heterocycles. The van der Waals surface area contributed by atoms with Crippen molar-refractivity contribution >= 4 is 41.1 Å². The van der Waals surface area contributed by atoms with Crippen LogP contribution in [0.3, 0.4) is 0 Å². The predicted molar refractivity (Wildman–Crippen MR) is 83.3 cm³/mol. The normalized spacial score (nSPS) is 13.2. The van der Waals surface area contributed by atoms with Gasteiger partial charge in [0.1, 0.15) is 4.90 Å². The maximum Gasteiger partial charge on any atom is 0.397 e. The second kappa shape index (κ2) is 6.38. The molecule has 12 heteroatoms. The van der Waals surface area contributed by atoms with Crippen molar-refractivity contribution in [1.82, 2.24) is 0 Å². The first-order valence-electron chi connectivity index (χ1n) is 6.25. The van der Waals surface area contributed by atoms with Crippen molar-refractivity contribution in [3.05, 3.63) is 36.4 Å². The number of hydrogen-bond acceptors (Lipinski definition) is 7. The third-order valence-electron chi connectivity index (χ3n) is 3.03. The molecule has 0 atom stereocenters. The molecular formula is C12H12O9S3. The Labute approximate surface area is 138 Å². The zero-order chi connectivity index (χ0) is 18.2. The van der Waals surface area contributed by atoms with E-state index in [0.29, 0.717) is 0 Å². The summed E-state index contributed by atoms with van der Waals surface area (Å²) in [6, 6.07) is 7.49. The first-order valence-corrected chi connectivity index (χ1v) is 10.7. The fourth-order valence-corrected chi connectivity index (χ4v) is 4.25. The smallest absolute Gasteiger partial charge is 0.282 e. The van der Waals surface area contributed by atoms with Crippen LogP contribution in [0.5, 0.6) is 0 Å². The van der Waals surface area contributed by atoms with Gasteiger partial charge in [0.25, 0.3) is 10.1 Å². The Hall–Kier alpha value is -1.57. The number of fused-ring (bicyclic) bond motifs is 1. The second-order valence-electron chi connectivity index (χ2n) is 4.68. The van der Waals surface area contributed by atoms with Gasteiger partial charge >= 0.3 is 10.4 Å². The Morgan fingerprint density at radius 2 is 1.58 bits per heavy atom. The Bertz CT molecular complexity index is 1080. The van der Waals surface area contributed by atoms with Crippen LogP contribution in [-0.2, 0) is 34.5 Å². The minimum absolute atomic E-state index is 0.133. The SMILES string of the molecule is O=S(=O)(O)OCCS(=O)(=O)c1ccc2c(S(=O)(=O)O)cccc2c1. The van der Waals surface area contributed by atoms with Gasteiger partial charge in [0.2, 0.25) is 0 Å². The first-order chi connectivity index (χ1) is 10.9. The second-order valence-corrected chi connectivity index (χ2v) is 9.27. The molecule has 132 valence electrons. The molecule has 2 aromatic carbocycles. The van der Waals surface area contributed by atoms with Gasteiger partial charge in [-0.25, -0.2) is 12.6 Å². The highest BCUT2D eigenvalue weighted by Crippen LogP contribution is 2.26. The predicted octanol–water partition coefficient (Wildman–Crippen LogP) is 0.680. The van der Waals surface area contributed by atoms with E-state index >= 15 is 0 Å². The lowest BCUT2D eigenvalue weighted by atomic mass is 10.1. The van der Waals surface area contributed by atoms with Crippen molar-refractivity contribution in [1.29, 1.82) is 0 Å². The lowest BCUT2D eigenvalue weighted by Gasteiger charge is -2.08. The minimum atomic E-state index is -4.74. The number of benzene rings is 2. The summed E-state index contributed by atoms with van der Waals surface area (Å²) >= 11 is 0. The van der Waals surface area contributed by atoms with Crippen molar-refractivity contribution < 1.29 is 38.5 Å². The molecule has 0 aliphatic carbocycles. The van der Waals surface area contributed by atoms with Gasteiger partial charge in [-0.2, -0.15) is 16.8 Å². The highest BCUT2D eigenvalue weighted by atomic mass is 32.3. The molecule has 2 aromatic rings. The summed E-state index contributed by atoms with van der Waals surface area (Å²) in [6.07, 6.45) is 0. The van der Waals surface area contributed by atoms with Crippen LogP contribution in [0.1, 0.15) is 0 Å². The average Bonchev–Trinajstić information content (AvgIpc) is 2.43. The molecule has 0 fully saturated rings. The Morgan fingerprint density at radius 3 is 2.17 bits per heavy atom. The third kappa shape index (κ3) is 4.49. The van der Waals surface area contributed by atoms with Crippen molar-refractivity contribution in [2.45, 2.75) is 9.79 Å². The third-order valence-corrected chi connectivity index (χ3v) is 6.09. The molecule has 0 aromatic heterocycles. The van der Waals surface area contributed by atoms with Crippen LogP contribution >= 0.6 is 0 Å². The van der Waals surface area contributed by atoms with E-state index in [1.165, 1.54) is 30.3 Å². The van der Waals surface area contributed by atoms with Crippen molar-refractivity contribution in [3.8, 4) is 0 Å². The molecule has 24 heavy (non-hydrogen) atoms. The van der Waals surface area contributed by atoms with Crippen LogP contribution in [0.25, 0.3) is 10.8 Å². The molecule has 0 bridgehead atoms. The Morgan fingerprint density at radius 1 is 0.917 bits per heavy atom. The fourth-order valence-electron chi connectivity index (χ4n) is 2.02. The van der Waals surface area contributed by atoms with E-state index in [4.69, 9.17) is 9.11 Å². The topological polar surface area (TPSA) is 152 Å². The van der Waals surface area contributed by atoms with Crippen LogP contribution in [0.2, 0.25) is 0 Å². The quantitative estimate of drug-likeness (QED) is 0.671. The molecular weight excluding hydrogens is 384 g/mol. The first kappa shape index (κ1) is 18.8. The van der Waals surface area contributed by atoms with Crippen LogP contribution in [0.4, 0.5) is 0 Å². The lowest BCUT2D eigenvalue weighted by molar-refractivity contribution is 0.284. The molecule has 2 rings (SSSR count). The van der Waals surface area contributed by atoms with Gasteiger partial charge in [0, 0.05) is 5.39 Å². The van der Waals surface area contributed by atoms with Gasteiger partial charge in [0.05, 0.1) is 17.3 Å². The van der Waals surface area contributed by atoms with E-state index in [9.17, 15) is 25.3 Å². The van der Waals surface area contributed by atoms with Crippen LogP contribution in [0.15, 0.2) is 46.2 Å². The summed E-state index contributed by atoms with van der Waals surface area (Å²) in [5.74, 6) is -0.712. The van der Waals surface area contributed by atoms with Crippen LogP contribution < -0.4 is 0 Å². The summed E-state index contributed by atoms with van der Waals surface area (Å²) in [6.45, 7) is -0.774. The average molecular weight is 396 g/mol. The molecule has 0 radical (unpaired) electrons. The standard InChI is InChI=1S/C12H12O9S3/c13-22(14,7-6-21-24(18,19)20)10-4-5-11-9(8-10)2-1-3-12(11)23(15,16)17/h1-5,8H,6-7H2,(H,15,16,17)(H,18,19,20). The van der Waals surface area contributed by atoms with Gasteiger partial charge in [0.15, 0.2) is 9.84 Å². The van der Waals surface area contributed by atoms with E-state index in [-0.39, 0.29) is 20.6 Å². The molecule has 0 aliphatic heterocycles. The summed E-state index contributed by atoms with van der Waals surface area (Å²) < 4.78 is 89.2. The molecule has 9 nitrogen and oxygen atoms in total. The number of rotatable bonds is 6. The van der Waals surface area contributed by atoms with Crippen LogP contribution in [0, 0.1) is 0 Å². The van der Waals surface area contributed by atoms with Crippen molar-refractivity contribution in [2.75, 3.05) is 12.4 Å². The lowest BCUT2D eigenvalue weighted by Crippen LogP contribution is -2.15. The van der Waals surface area contributed by atoms with E-state index in [0.717, 1.165) is 6.07 Å². The molecule has 0 saturated heterocycles. The Balaban J connectivity index is 2.41. The fraction of sp³-hybridized carbons (Fsp3) is 0.167. The molecule has 2 N–H and O–H groups in total. The van der Waals surface area contributed by atoms with Gasteiger partial charge in [-0.1, -0.05) is 18.2 Å². The number of hydrogen-bond donors (Lipinski definition) is 2. The number of sulfone groups is 1. The summed E-state index contributed by atoms with van der Waals surface area (Å²) in [4.78, 5) is -0.555. The van der Waals surface area contributed by atoms with E-state index in [1.54, 1.807) is 0 Å². The van der Waals surface area contributed by atoms with Crippen LogP contribution in [-0.4, -0.2) is 46.7 Å². The highest BCUT2D eigenvalue weighted by molar-refractivity contribution is 7.91. The summed E-state index contributed by atoms with van der Waals surface area (Å²) in [5.41, 5.74) is 0. The molecule has 0 unspecified atom stereocenters. The minimum Gasteiger partial charge on any atom is -0.282 e. The molecule has 0 saturated carbocycles. The Kier molecular flexibility index (Phi) is 4.99. The molecule has 0 spiro atoms. The maximum atomic E-state index is 12.1. The van der Waals surface area contributed by atoms with E-state index in [2.05, 4.69) is 4.18 Å². The maximum absolute atomic E-state index is 12.1.